The first kappa shape index (κ1) is 9.43. The first-order valence-corrected chi connectivity index (χ1v) is 5.29. The quantitative estimate of drug-likeness (QED) is 0.836. The number of H-pyrrole nitrogens is 1. The van der Waals surface area contributed by atoms with Gasteiger partial charge in [0.25, 0.3) is 0 Å². The van der Waals surface area contributed by atoms with E-state index in [1.54, 1.807) is 17.7 Å². The van der Waals surface area contributed by atoms with E-state index in [1.165, 1.54) is 9.75 Å². The van der Waals surface area contributed by atoms with Crippen LogP contribution in [0.15, 0.2) is 24.7 Å². The highest BCUT2D eigenvalue weighted by Gasteiger charge is 2.04. The molecule has 3 nitrogen and oxygen atoms in total. The molecule has 0 aliphatic carbocycles. The number of aromatic amines is 1. The lowest BCUT2D eigenvalue weighted by Gasteiger charge is -2.05. The maximum Gasteiger partial charge on any atom is 0.0924 e. The van der Waals surface area contributed by atoms with Gasteiger partial charge in [0.1, 0.15) is 0 Å². The van der Waals surface area contributed by atoms with E-state index < -0.39 is 0 Å². The van der Waals surface area contributed by atoms with Gasteiger partial charge in [0.2, 0.25) is 0 Å². The third-order valence-corrected chi connectivity index (χ3v) is 3.00. The molecule has 0 radical (unpaired) electrons. The van der Waals surface area contributed by atoms with Crippen LogP contribution in [-0.4, -0.2) is 29.0 Å². The van der Waals surface area contributed by atoms with Gasteiger partial charge in [0.05, 0.1) is 23.1 Å². The molecule has 0 aromatic carbocycles. The van der Waals surface area contributed by atoms with Gasteiger partial charge in [-0.05, 0) is 26.2 Å². The van der Waals surface area contributed by atoms with Crippen LogP contribution in [-0.2, 0) is 6.54 Å². The molecule has 0 atom stereocenters. The predicted molar refractivity (Wildman–Crippen MR) is 59.3 cm³/mol. The SMILES string of the molecule is CN(C)Cc1ccc(-c2cnc[nH]2)s1. The molecular weight excluding hydrogens is 194 g/mol. The molecule has 2 rings (SSSR count). The smallest absolute Gasteiger partial charge is 0.0924 e. The van der Waals surface area contributed by atoms with Crippen LogP contribution in [0.5, 0.6) is 0 Å². The maximum atomic E-state index is 4.01. The molecule has 0 spiro atoms. The lowest BCUT2D eigenvalue weighted by molar-refractivity contribution is 0.406. The Balaban J connectivity index is 2.18. The molecule has 0 amide bonds. The van der Waals surface area contributed by atoms with E-state index in [2.05, 4.69) is 41.1 Å². The summed E-state index contributed by atoms with van der Waals surface area (Å²) in [5.41, 5.74) is 1.10. The Morgan fingerprint density at radius 2 is 2.29 bits per heavy atom. The molecule has 0 aliphatic rings. The number of aromatic nitrogens is 2. The first-order valence-electron chi connectivity index (χ1n) is 4.48. The number of thiophene rings is 1. The van der Waals surface area contributed by atoms with Gasteiger partial charge in [-0.3, -0.25) is 0 Å². The van der Waals surface area contributed by atoms with Crippen LogP contribution in [0.25, 0.3) is 10.6 Å². The topological polar surface area (TPSA) is 31.9 Å². The van der Waals surface area contributed by atoms with Gasteiger partial charge in [0, 0.05) is 11.4 Å². The van der Waals surface area contributed by atoms with Crippen LogP contribution in [0.2, 0.25) is 0 Å². The van der Waals surface area contributed by atoms with Gasteiger partial charge in [-0.25, -0.2) is 4.98 Å². The van der Waals surface area contributed by atoms with Crippen molar-refractivity contribution in [1.29, 1.82) is 0 Å². The van der Waals surface area contributed by atoms with Crippen LogP contribution >= 0.6 is 11.3 Å². The van der Waals surface area contributed by atoms with Gasteiger partial charge in [0.15, 0.2) is 0 Å². The van der Waals surface area contributed by atoms with E-state index in [-0.39, 0.29) is 0 Å². The van der Waals surface area contributed by atoms with Crippen molar-refractivity contribution >= 4 is 11.3 Å². The Kier molecular flexibility index (Phi) is 2.65. The van der Waals surface area contributed by atoms with Gasteiger partial charge in [-0.1, -0.05) is 0 Å². The van der Waals surface area contributed by atoms with Crippen LogP contribution < -0.4 is 0 Å². The summed E-state index contributed by atoms with van der Waals surface area (Å²) in [5.74, 6) is 0. The van der Waals surface area contributed by atoms with Gasteiger partial charge >= 0.3 is 0 Å². The minimum atomic E-state index is 0.999. The van der Waals surface area contributed by atoms with E-state index in [0.717, 1.165) is 12.2 Å². The summed E-state index contributed by atoms with van der Waals surface area (Å²) in [6.45, 7) is 0.999. The number of hydrogen-bond acceptors (Lipinski definition) is 3. The van der Waals surface area contributed by atoms with Crippen molar-refractivity contribution in [2.75, 3.05) is 14.1 Å². The average Bonchev–Trinajstić information content (AvgIpc) is 2.69. The highest BCUT2D eigenvalue weighted by Crippen LogP contribution is 2.26. The van der Waals surface area contributed by atoms with Crippen molar-refractivity contribution in [2.24, 2.45) is 0 Å². The number of rotatable bonds is 3. The van der Waals surface area contributed by atoms with E-state index in [0.29, 0.717) is 0 Å². The summed E-state index contributed by atoms with van der Waals surface area (Å²) in [7, 11) is 4.16. The lowest BCUT2D eigenvalue weighted by Crippen LogP contribution is -2.09. The van der Waals surface area contributed by atoms with Gasteiger partial charge in [-0.2, -0.15) is 0 Å². The largest absolute Gasteiger partial charge is 0.344 e. The third-order valence-electron chi connectivity index (χ3n) is 1.90. The zero-order valence-corrected chi connectivity index (χ0v) is 9.14. The normalized spacial score (nSPS) is 11.1. The monoisotopic (exact) mass is 207 g/mol. The molecule has 14 heavy (non-hydrogen) atoms. The predicted octanol–water partition coefficient (Wildman–Crippen LogP) is 2.20. The minimum Gasteiger partial charge on any atom is -0.344 e. The summed E-state index contributed by atoms with van der Waals surface area (Å²) in [6, 6.07) is 4.30. The standard InChI is InChI=1S/C10H13N3S/c1-13(2)6-8-3-4-10(14-8)9-5-11-7-12-9/h3-5,7H,6H2,1-2H3,(H,11,12). The Bertz CT molecular complexity index is 389. The zero-order valence-electron chi connectivity index (χ0n) is 8.32. The van der Waals surface area contributed by atoms with Crippen molar-refractivity contribution < 1.29 is 0 Å². The first-order chi connectivity index (χ1) is 6.75. The maximum absolute atomic E-state index is 4.01. The van der Waals surface area contributed by atoms with Crippen LogP contribution in [0.3, 0.4) is 0 Å². The van der Waals surface area contributed by atoms with Crippen LogP contribution in [0, 0.1) is 0 Å². The lowest BCUT2D eigenvalue weighted by atomic mass is 10.3. The molecule has 0 saturated heterocycles. The van der Waals surface area contributed by atoms with Crippen molar-refractivity contribution in [3.8, 4) is 10.6 Å². The average molecular weight is 207 g/mol. The van der Waals surface area contributed by atoms with Crippen LogP contribution in [0.1, 0.15) is 4.88 Å². The Hall–Kier alpha value is -1.13. The molecule has 0 bridgehead atoms. The fourth-order valence-electron chi connectivity index (χ4n) is 1.31. The van der Waals surface area contributed by atoms with Crippen molar-refractivity contribution in [3.63, 3.8) is 0 Å². The van der Waals surface area contributed by atoms with Crippen LogP contribution in [0.4, 0.5) is 0 Å². The van der Waals surface area contributed by atoms with E-state index in [9.17, 15) is 0 Å². The summed E-state index contributed by atoms with van der Waals surface area (Å²) in [6.07, 6.45) is 3.56. The number of nitrogens with zero attached hydrogens (tertiary/aromatic N) is 2. The fraction of sp³-hybridized carbons (Fsp3) is 0.300. The molecule has 74 valence electrons. The Labute approximate surface area is 87.4 Å². The summed E-state index contributed by atoms with van der Waals surface area (Å²) in [4.78, 5) is 11.9. The summed E-state index contributed by atoms with van der Waals surface area (Å²) >= 11 is 1.81. The highest BCUT2D eigenvalue weighted by atomic mass is 32.1. The van der Waals surface area contributed by atoms with Crippen molar-refractivity contribution in [2.45, 2.75) is 6.54 Å². The highest BCUT2D eigenvalue weighted by molar-refractivity contribution is 7.15. The Morgan fingerprint density at radius 3 is 2.93 bits per heavy atom. The summed E-state index contributed by atoms with van der Waals surface area (Å²) < 4.78 is 0. The molecule has 0 fully saturated rings. The zero-order chi connectivity index (χ0) is 9.97. The van der Waals surface area contributed by atoms with Gasteiger partial charge < -0.3 is 9.88 Å². The van der Waals surface area contributed by atoms with Crippen molar-refractivity contribution in [1.82, 2.24) is 14.9 Å². The second-order valence-corrected chi connectivity index (χ2v) is 4.64. The molecular formula is C10H13N3S. The van der Waals surface area contributed by atoms with E-state index in [4.69, 9.17) is 0 Å². The second-order valence-electron chi connectivity index (χ2n) is 3.47. The van der Waals surface area contributed by atoms with Crippen molar-refractivity contribution in [3.05, 3.63) is 29.5 Å². The molecule has 0 saturated carbocycles. The van der Waals surface area contributed by atoms with Gasteiger partial charge in [-0.15, -0.1) is 11.3 Å². The second kappa shape index (κ2) is 3.94. The third kappa shape index (κ3) is 2.02. The fourth-order valence-corrected chi connectivity index (χ4v) is 2.41. The molecule has 2 aromatic heterocycles. The number of imidazole rings is 1. The molecule has 0 aliphatic heterocycles. The van der Waals surface area contributed by atoms with E-state index in [1.807, 2.05) is 6.20 Å². The number of nitrogens with one attached hydrogen (secondary N) is 1. The van der Waals surface area contributed by atoms with E-state index >= 15 is 0 Å². The minimum absolute atomic E-state index is 0.999. The Morgan fingerprint density at radius 1 is 1.43 bits per heavy atom. The molecule has 2 aromatic rings. The molecule has 2 heterocycles. The summed E-state index contributed by atoms with van der Waals surface area (Å²) in [5, 5.41) is 0. The number of hydrogen-bond donors (Lipinski definition) is 1. The molecule has 4 heteroatoms. The molecule has 0 unspecified atom stereocenters. The molecule has 1 N–H and O–H groups in total.